The van der Waals surface area contributed by atoms with Gasteiger partial charge in [0.15, 0.2) is 0 Å². The highest BCUT2D eigenvalue weighted by Crippen LogP contribution is 2.22. The van der Waals surface area contributed by atoms with Crippen LogP contribution in [0.15, 0.2) is 53.0 Å². The summed E-state index contributed by atoms with van der Waals surface area (Å²) in [6, 6.07) is 15.7. The monoisotopic (exact) mass is 418 g/mol. The number of methoxy groups -OCH3 is 1. The van der Waals surface area contributed by atoms with Crippen LogP contribution in [0.3, 0.4) is 0 Å². The van der Waals surface area contributed by atoms with Gasteiger partial charge in [0.25, 0.3) is 0 Å². The number of hydrogen-bond acceptors (Lipinski definition) is 4. The number of carbonyl (C=O) groups is 1. The number of ether oxygens (including phenoxy) is 2. The summed E-state index contributed by atoms with van der Waals surface area (Å²) in [5, 5.41) is 0. The number of anilines is 1. The molecule has 26 heavy (non-hydrogen) atoms. The van der Waals surface area contributed by atoms with Gasteiger partial charge in [0, 0.05) is 42.4 Å². The number of benzene rings is 2. The summed E-state index contributed by atoms with van der Waals surface area (Å²) >= 11 is 3.41. The first kappa shape index (κ1) is 18.6. The van der Waals surface area contributed by atoms with Crippen LogP contribution < -0.4 is 14.4 Å². The lowest BCUT2D eigenvalue weighted by molar-refractivity contribution is -0.132. The van der Waals surface area contributed by atoms with Crippen LogP contribution in [0.2, 0.25) is 0 Å². The van der Waals surface area contributed by atoms with Gasteiger partial charge in [0.1, 0.15) is 11.5 Å². The number of carbonyl (C=O) groups excluding carboxylic acids is 1. The summed E-state index contributed by atoms with van der Waals surface area (Å²) in [6.07, 6.45) is 0.395. The van der Waals surface area contributed by atoms with Gasteiger partial charge in [0.05, 0.1) is 20.1 Å². The molecule has 2 aromatic carbocycles. The fourth-order valence-electron chi connectivity index (χ4n) is 2.99. The van der Waals surface area contributed by atoms with Crippen molar-refractivity contribution in [1.29, 1.82) is 0 Å². The molecule has 1 aliphatic heterocycles. The molecule has 5 nitrogen and oxygen atoms in total. The maximum absolute atomic E-state index is 12.4. The lowest BCUT2D eigenvalue weighted by atomic mass is 10.2. The molecule has 1 saturated heterocycles. The number of halogens is 1. The Morgan fingerprint density at radius 1 is 1.04 bits per heavy atom. The largest absolute Gasteiger partial charge is 0.497 e. The van der Waals surface area contributed by atoms with Crippen LogP contribution in [-0.4, -0.2) is 50.7 Å². The van der Waals surface area contributed by atoms with Gasteiger partial charge in [0.2, 0.25) is 5.91 Å². The van der Waals surface area contributed by atoms with E-state index in [-0.39, 0.29) is 5.91 Å². The highest BCUT2D eigenvalue weighted by atomic mass is 79.9. The van der Waals surface area contributed by atoms with E-state index in [2.05, 4.69) is 26.9 Å². The Balaban J connectivity index is 1.44. The molecule has 0 unspecified atom stereocenters. The van der Waals surface area contributed by atoms with E-state index in [0.29, 0.717) is 13.0 Å². The summed E-state index contributed by atoms with van der Waals surface area (Å²) in [5.41, 5.74) is 1.13. The zero-order chi connectivity index (χ0) is 18.4. The highest BCUT2D eigenvalue weighted by molar-refractivity contribution is 9.10. The van der Waals surface area contributed by atoms with Gasteiger partial charge in [-0.05, 0) is 30.3 Å². The van der Waals surface area contributed by atoms with E-state index in [4.69, 9.17) is 9.47 Å². The average molecular weight is 419 g/mol. The molecule has 6 heteroatoms. The summed E-state index contributed by atoms with van der Waals surface area (Å²) in [4.78, 5) is 16.6. The Kier molecular flexibility index (Phi) is 6.39. The smallest absolute Gasteiger partial charge is 0.226 e. The Morgan fingerprint density at radius 3 is 2.50 bits per heavy atom. The minimum Gasteiger partial charge on any atom is -0.497 e. The Labute approximate surface area is 162 Å². The number of piperazine rings is 1. The van der Waals surface area contributed by atoms with Gasteiger partial charge in [-0.3, -0.25) is 4.79 Å². The molecular formula is C20H23BrN2O3. The minimum absolute atomic E-state index is 0.144. The molecule has 1 amide bonds. The summed E-state index contributed by atoms with van der Waals surface area (Å²) in [7, 11) is 1.67. The number of hydrogen-bond donors (Lipinski definition) is 0. The zero-order valence-electron chi connectivity index (χ0n) is 14.9. The fraction of sp³-hybridized carbons (Fsp3) is 0.350. The van der Waals surface area contributed by atoms with Gasteiger partial charge in [-0.25, -0.2) is 0 Å². The normalized spacial score (nSPS) is 14.2. The van der Waals surface area contributed by atoms with E-state index in [9.17, 15) is 4.79 Å². The van der Waals surface area contributed by atoms with Crippen LogP contribution in [0.5, 0.6) is 11.5 Å². The molecule has 0 N–H and O–H groups in total. The number of rotatable bonds is 6. The molecule has 0 saturated carbocycles. The predicted molar refractivity (Wildman–Crippen MR) is 106 cm³/mol. The Morgan fingerprint density at radius 2 is 1.77 bits per heavy atom. The van der Waals surface area contributed by atoms with Crippen LogP contribution in [0.25, 0.3) is 0 Å². The lowest BCUT2D eigenvalue weighted by Crippen LogP contribution is -2.49. The quantitative estimate of drug-likeness (QED) is 0.718. The van der Waals surface area contributed by atoms with E-state index >= 15 is 0 Å². The van der Waals surface area contributed by atoms with Crippen LogP contribution in [0.1, 0.15) is 6.42 Å². The van der Waals surface area contributed by atoms with E-state index in [1.165, 1.54) is 0 Å². The molecular weight excluding hydrogens is 396 g/mol. The van der Waals surface area contributed by atoms with Crippen LogP contribution >= 0.6 is 15.9 Å². The molecule has 0 aromatic heterocycles. The highest BCUT2D eigenvalue weighted by Gasteiger charge is 2.21. The molecule has 0 spiro atoms. The molecule has 2 aromatic rings. The first-order valence-electron chi connectivity index (χ1n) is 8.71. The molecule has 1 fully saturated rings. The molecule has 1 heterocycles. The van der Waals surface area contributed by atoms with E-state index < -0.39 is 0 Å². The number of amides is 1. The van der Waals surface area contributed by atoms with Crippen molar-refractivity contribution < 1.29 is 14.3 Å². The van der Waals surface area contributed by atoms with Crippen molar-refractivity contribution in [3.05, 3.63) is 53.0 Å². The van der Waals surface area contributed by atoms with Gasteiger partial charge in [-0.1, -0.05) is 28.1 Å². The molecule has 0 atom stereocenters. The maximum atomic E-state index is 12.4. The second kappa shape index (κ2) is 8.94. The van der Waals surface area contributed by atoms with Gasteiger partial charge in [-0.2, -0.15) is 0 Å². The summed E-state index contributed by atoms with van der Waals surface area (Å²) in [6.45, 7) is 3.50. The molecule has 0 aliphatic carbocycles. The van der Waals surface area contributed by atoms with Gasteiger partial charge < -0.3 is 19.3 Å². The van der Waals surface area contributed by atoms with Crippen molar-refractivity contribution in [3.63, 3.8) is 0 Å². The van der Waals surface area contributed by atoms with Crippen molar-refractivity contribution >= 4 is 27.5 Å². The second-order valence-corrected chi connectivity index (χ2v) is 7.04. The van der Waals surface area contributed by atoms with Crippen molar-refractivity contribution in [3.8, 4) is 11.5 Å². The third kappa shape index (κ3) is 4.91. The van der Waals surface area contributed by atoms with E-state index in [1.54, 1.807) is 7.11 Å². The first-order chi connectivity index (χ1) is 12.7. The van der Waals surface area contributed by atoms with Crippen molar-refractivity contribution in [2.24, 2.45) is 0 Å². The first-order valence-corrected chi connectivity index (χ1v) is 9.50. The third-order valence-corrected chi connectivity index (χ3v) is 4.92. The summed E-state index contributed by atoms with van der Waals surface area (Å²) in [5.74, 6) is 1.77. The van der Waals surface area contributed by atoms with Crippen LogP contribution in [0, 0.1) is 0 Å². The van der Waals surface area contributed by atoms with Crippen molar-refractivity contribution in [2.75, 3.05) is 44.8 Å². The van der Waals surface area contributed by atoms with Crippen LogP contribution in [-0.2, 0) is 4.79 Å². The molecule has 138 valence electrons. The van der Waals surface area contributed by atoms with E-state index in [1.807, 2.05) is 47.4 Å². The van der Waals surface area contributed by atoms with Crippen molar-refractivity contribution in [2.45, 2.75) is 6.42 Å². The van der Waals surface area contributed by atoms with E-state index in [0.717, 1.165) is 47.8 Å². The Hall–Kier alpha value is -2.21. The van der Waals surface area contributed by atoms with Crippen molar-refractivity contribution in [1.82, 2.24) is 4.90 Å². The SMILES string of the molecule is COc1cccc(N2CCN(C(=O)CCOc3cccc(Br)c3)CC2)c1. The third-order valence-electron chi connectivity index (χ3n) is 4.43. The number of nitrogens with zero attached hydrogens (tertiary/aromatic N) is 2. The Bertz CT molecular complexity index is 745. The standard InChI is InChI=1S/C20H23BrN2O3/c1-25-18-6-3-5-17(15-18)22-9-11-23(12-10-22)20(24)8-13-26-19-7-2-4-16(21)14-19/h2-7,14-15H,8-13H2,1H3. The van der Waals surface area contributed by atoms with Crippen LogP contribution in [0.4, 0.5) is 5.69 Å². The molecule has 0 radical (unpaired) electrons. The lowest BCUT2D eigenvalue weighted by Gasteiger charge is -2.36. The fourth-order valence-corrected chi connectivity index (χ4v) is 3.37. The predicted octanol–water partition coefficient (Wildman–Crippen LogP) is 3.58. The molecule has 1 aliphatic rings. The molecule has 0 bridgehead atoms. The van der Waals surface area contributed by atoms with Gasteiger partial charge >= 0.3 is 0 Å². The topological polar surface area (TPSA) is 42.0 Å². The average Bonchev–Trinajstić information content (AvgIpc) is 2.68. The second-order valence-electron chi connectivity index (χ2n) is 6.13. The summed E-state index contributed by atoms with van der Waals surface area (Å²) < 4.78 is 11.9. The maximum Gasteiger partial charge on any atom is 0.226 e. The molecule has 3 rings (SSSR count). The minimum atomic E-state index is 0.144. The zero-order valence-corrected chi connectivity index (χ0v) is 16.4. The van der Waals surface area contributed by atoms with Gasteiger partial charge in [-0.15, -0.1) is 0 Å².